The van der Waals surface area contributed by atoms with Gasteiger partial charge in [-0.3, -0.25) is 0 Å². The Bertz CT molecular complexity index is 1260. The van der Waals surface area contributed by atoms with Gasteiger partial charge in [-0.05, 0) is 35.4 Å². The highest BCUT2D eigenvalue weighted by molar-refractivity contribution is 9.10. The van der Waals surface area contributed by atoms with Crippen molar-refractivity contribution >= 4 is 31.9 Å². The van der Waals surface area contributed by atoms with Crippen LogP contribution in [0.3, 0.4) is 0 Å². The highest BCUT2D eigenvalue weighted by Crippen LogP contribution is 2.66. The molecule has 0 spiro atoms. The molecule has 1 fully saturated rings. The lowest BCUT2D eigenvalue weighted by molar-refractivity contribution is 0.214. The fourth-order valence-electron chi connectivity index (χ4n) is 5.26. The van der Waals surface area contributed by atoms with E-state index < -0.39 is 0 Å². The molecule has 2 heterocycles. The molecule has 5 rings (SSSR count). The third kappa shape index (κ3) is 5.07. The molecular weight excluding hydrogens is 616 g/mol. The van der Waals surface area contributed by atoms with Gasteiger partial charge in [0.15, 0.2) is 0 Å². The lowest BCUT2D eigenvalue weighted by Crippen LogP contribution is -2.41. The van der Waals surface area contributed by atoms with Gasteiger partial charge in [-0.2, -0.15) is 19.9 Å². The topological polar surface area (TPSA) is 88.5 Å². The van der Waals surface area contributed by atoms with Crippen LogP contribution in [0.25, 0.3) is 0 Å². The average Bonchev–Trinajstić information content (AvgIpc) is 2.94. The fraction of sp³-hybridized carbons (Fsp3) is 0.286. The molecule has 4 aromatic rings. The predicted octanol–water partition coefficient (Wildman–Crippen LogP) is 6.27. The number of aromatic nitrogens is 4. The van der Waals surface area contributed by atoms with Crippen molar-refractivity contribution in [2.75, 3.05) is 28.4 Å². The molecule has 1 aliphatic rings. The number of hydrogen-bond donors (Lipinski definition) is 0. The van der Waals surface area contributed by atoms with Crippen molar-refractivity contribution in [1.82, 2.24) is 19.9 Å². The first-order valence-corrected chi connectivity index (χ1v) is 13.5. The van der Waals surface area contributed by atoms with E-state index in [2.05, 4.69) is 90.4 Å². The number of ether oxygens (including phenoxy) is 4. The molecule has 2 aromatic heterocycles. The Labute approximate surface area is 238 Å². The first-order chi connectivity index (χ1) is 18.4. The molecule has 0 saturated heterocycles. The maximum Gasteiger partial charge on any atom is 0.319 e. The molecule has 38 heavy (non-hydrogen) atoms. The van der Waals surface area contributed by atoms with Gasteiger partial charge in [-0.25, -0.2) is 0 Å². The van der Waals surface area contributed by atoms with Crippen LogP contribution in [-0.4, -0.2) is 48.4 Å². The normalized spacial score (nSPS) is 20.4. The largest absolute Gasteiger partial charge is 0.481 e. The highest BCUT2D eigenvalue weighted by Gasteiger charge is 2.54. The van der Waals surface area contributed by atoms with E-state index in [0.717, 1.165) is 31.5 Å². The Morgan fingerprint density at radius 2 is 0.868 bits per heavy atom. The smallest absolute Gasteiger partial charge is 0.319 e. The monoisotopic (exact) mass is 640 g/mol. The molecule has 1 saturated carbocycles. The second-order valence-electron chi connectivity index (χ2n) is 8.85. The van der Waals surface area contributed by atoms with E-state index in [1.165, 1.54) is 0 Å². The fourth-order valence-corrected chi connectivity index (χ4v) is 5.79. The molecule has 10 heteroatoms. The van der Waals surface area contributed by atoms with Crippen molar-refractivity contribution in [1.29, 1.82) is 0 Å². The average molecular weight is 642 g/mol. The van der Waals surface area contributed by atoms with E-state index in [-0.39, 0.29) is 35.7 Å². The zero-order chi connectivity index (χ0) is 26.8. The summed E-state index contributed by atoms with van der Waals surface area (Å²) in [7, 11) is 6.29. The van der Waals surface area contributed by atoms with Gasteiger partial charge in [-0.15, -0.1) is 0 Å². The molecule has 0 radical (unpaired) electrons. The number of methoxy groups -OCH3 is 4. The summed E-state index contributed by atoms with van der Waals surface area (Å²) in [4.78, 5) is 18.2. The number of halogens is 2. The molecule has 1 aliphatic carbocycles. The summed E-state index contributed by atoms with van der Waals surface area (Å²) in [5, 5.41) is 0. The van der Waals surface area contributed by atoms with E-state index in [0.29, 0.717) is 11.8 Å². The summed E-state index contributed by atoms with van der Waals surface area (Å²) in [5.74, 6) is 0.880. The molecule has 0 bridgehead atoms. The number of benzene rings is 2. The first-order valence-electron chi connectivity index (χ1n) is 11.9. The standard InChI is InChI=1S/C28H26Br2N4O4/c1-35-21-13-19(31-27(33-21)37-3)25-23(15-5-9-17(29)10-6-15)26(24(25)16-7-11-18(30)12-8-16)20-14-22(36-2)34-28(32-20)38-4/h5-14,23-26H,1-4H3/t23-,24-,25-,26+. The lowest BCUT2D eigenvalue weighted by Gasteiger charge is -2.52. The van der Waals surface area contributed by atoms with Gasteiger partial charge in [-0.1, -0.05) is 56.1 Å². The molecule has 0 aliphatic heterocycles. The molecule has 8 nitrogen and oxygen atoms in total. The van der Waals surface area contributed by atoms with Gasteiger partial charge in [0.2, 0.25) is 11.8 Å². The first kappa shape index (κ1) is 26.4. The van der Waals surface area contributed by atoms with E-state index in [4.69, 9.17) is 28.9 Å². The van der Waals surface area contributed by atoms with Crippen LogP contribution >= 0.6 is 31.9 Å². The Kier molecular flexibility index (Phi) is 7.80. The summed E-state index contributed by atoms with van der Waals surface area (Å²) in [6.07, 6.45) is 0. The SMILES string of the molecule is COc1cc([C@H]2[C@H](c3ccc(Br)cc3)[C@@H](c3cc(OC)nc(OC)n3)[C@H]2c2ccc(Br)cc2)nc(OC)n1. The third-order valence-electron chi connectivity index (χ3n) is 6.93. The minimum Gasteiger partial charge on any atom is -0.481 e. The maximum atomic E-state index is 5.50. The van der Waals surface area contributed by atoms with Crippen molar-refractivity contribution in [2.24, 2.45) is 0 Å². The van der Waals surface area contributed by atoms with E-state index >= 15 is 0 Å². The summed E-state index contributed by atoms with van der Waals surface area (Å²) in [6.45, 7) is 0. The quantitative estimate of drug-likeness (QED) is 0.222. The van der Waals surface area contributed by atoms with Crippen molar-refractivity contribution in [3.63, 3.8) is 0 Å². The molecular formula is C28H26Br2N4O4. The summed E-state index contributed by atoms with van der Waals surface area (Å²) in [6, 6.07) is 21.1. The van der Waals surface area contributed by atoms with Crippen LogP contribution in [0, 0.1) is 0 Å². The lowest BCUT2D eigenvalue weighted by atomic mass is 9.50. The van der Waals surface area contributed by atoms with Crippen LogP contribution in [0.5, 0.6) is 23.8 Å². The minimum atomic E-state index is -0.0277. The minimum absolute atomic E-state index is 0.0189. The third-order valence-corrected chi connectivity index (χ3v) is 7.99. The summed E-state index contributed by atoms with van der Waals surface area (Å²) >= 11 is 7.15. The molecule has 2 aromatic carbocycles. The Hall–Kier alpha value is -3.24. The number of rotatable bonds is 8. The van der Waals surface area contributed by atoms with E-state index in [1.54, 1.807) is 28.4 Å². The summed E-state index contributed by atoms with van der Waals surface area (Å²) in [5.41, 5.74) is 3.98. The van der Waals surface area contributed by atoms with Crippen molar-refractivity contribution < 1.29 is 18.9 Å². The van der Waals surface area contributed by atoms with Crippen LogP contribution in [0.2, 0.25) is 0 Å². The van der Waals surface area contributed by atoms with Gasteiger partial charge in [0.25, 0.3) is 0 Å². The van der Waals surface area contributed by atoms with Gasteiger partial charge >= 0.3 is 12.0 Å². The summed E-state index contributed by atoms with van der Waals surface area (Å²) < 4.78 is 23.9. The van der Waals surface area contributed by atoms with Gasteiger partial charge in [0.05, 0.1) is 39.8 Å². The Morgan fingerprint density at radius 1 is 0.500 bits per heavy atom. The zero-order valence-corrected chi connectivity index (χ0v) is 24.4. The van der Waals surface area contributed by atoms with Crippen LogP contribution in [0.15, 0.2) is 69.6 Å². The highest BCUT2D eigenvalue weighted by atomic mass is 79.9. The van der Waals surface area contributed by atoms with Gasteiger partial charge < -0.3 is 18.9 Å². The van der Waals surface area contributed by atoms with Crippen LogP contribution in [0.4, 0.5) is 0 Å². The molecule has 196 valence electrons. The number of hydrogen-bond acceptors (Lipinski definition) is 8. The van der Waals surface area contributed by atoms with E-state index in [1.807, 2.05) is 12.1 Å². The van der Waals surface area contributed by atoms with Gasteiger partial charge in [0, 0.05) is 44.7 Å². The van der Waals surface area contributed by atoms with E-state index in [9.17, 15) is 0 Å². The second kappa shape index (κ2) is 11.2. The van der Waals surface area contributed by atoms with Crippen molar-refractivity contribution in [3.05, 3.63) is 92.1 Å². The van der Waals surface area contributed by atoms with Crippen LogP contribution in [-0.2, 0) is 0 Å². The molecule has 0 amide bonds. The van der Waals surface area contributed by atoms with Gasteiger partial charge in [0.1, 0.15) is 0 Å². The predicted molar refractivity (Wildman–Crippen MR) is 150 cm³/mol. The Morgan fingerprint density at radius 3 is 1.18 bits per heavy atom. The molecule has 0 atom stereocenters. The molecule has 0 N–H and O–H groups in total. The molecule has 0 unspecified atom stereocenters. The van der Waals surface area contributed by atoms with Crippen molar-refractivity contribution in [2.45, 2.75) is 23.7 Å². The van der Waals surface area contributed by atoms with Crippen molar-refractivity contribution in [3.8, 4) is 23.8 Å². The second-order valence-corrected chi connectivity index (χ2v) is 10.7. The zero-order valence-electron chi connectivity index (χ0n) is 21.3. The maximum absolute atomic E-state index is 5.50. The van der Waals surface area contributed by atoms with Crippen LogP contribution < -0.4 is 18.9 Å². The number of nitrogens with zero attached hydrogens (tertiary/aromatic N) is 4. The Balaban J connectivity index is 1.74. The van der Waals surface area contributed by atoms with Crippen LogP contribution in [0.1, 0.15) is 46.2 Å².